The molecule has 43 heavy (non-hydrogen) atoms. The highest BCUT2D eigenvalue weighted by Crippen LogP contribution is 2.23. The van der Waals surface area contributed by atoms with E-state index in [0.29, 0.717) is 6.42 Å². The molecule has 0 bridgehead atoms. The Morgan fingerprint density at radius 3 is 2.33 bits per heavy atom. The molecule has 0 spiro atoms. The number of cyclic esters (lactones) is 1. The van der Waals surface area contributed by atoms with Gasteiger partial charge >= 0.3 is 5.97 Å². The van der Waals surface area contributed by atoms with Gasteiger partial charge in [-0.05, 0) is 32.4 Å². The van der Waals surface area contributed by atoms with Crippen molar-refractivity contribution in [3.05, 3.63) is 58.9 Å². The second kappa shape index (κ2) is 13.8. The highest BCUT2D eigenvalue weighted by molar-refractivity contribution is 6.00. The zero-order valence-electron chi connectivity index (χ0n) is 23.7. The number of nitrogens with one attached hydrogen (secondary N) is 3. The Bertz CT molecular complexity index is 1400. The van der Waals surface area contributed by atoms with Crippen molar-refractivity contribution in [1.82, 2.24) is 20.9 Å². The molecular weight excluding hydrogens is 580 g/mol. The molecule has 1 saturated heterocycles. The number of hydrogen-bond donors (Lipinski definition) is 5. The minimum atomic E-state index is -2.10. The van der Waals surface area contributed by atoms with Crippen molar-refractivity contribution in [2.75, 3.05) is 0 Å². The van der Waals surface area contributed by atoms with Crippen LogP contribution >= 0.6 is 0 Å². The van der Waals surface area contributed by atoms with Gasteiger partial charge in [0.05, 0.1) is 29.7 Å². The number of esters is 1. The number of aliphatic hydroxyl groups is 1. The molecule has 5 N–H and O–H groups in total. The summed E-state index contributed by atoms with van der Waals surface area (Å²) in [5.41, 5.74) is -1.36. The van der Waals surface area contributed by atoms with E-state index in [0.717, 1.165) is 0 Å². The highest BCUT2D eigenvalue weighted by Gasteiger charge is 2.41. The number of hydrogen-bond acceptors (Lipinski definition) is 8. The quantitative estimate of drug-likeness (QED) is 0.187. The van der Waals surface area contributed by atoms with Gasteiger partial charge in [0.2, 0.25) is 17.7 Å². The average Bonchev–Trinajstić information content (AvgIpc) is 2.97. The summed E-state index contributed by atoms with van der Waals surface area (Å²) in [4.78, 5) is 55.5. The van der Waals surface area contributed by atoms with Crippen molar-refractivity contribution in [1.29, 1.82) is 0 Å². The first-order valence-corrected chi connectivity index (χ1v) is 13.4. The maximum atomic E-state index is 14.6. The van der Waals surface area contributed by atoms with Gasteiger partial charge in [0.1, 0.15) is 11.8 Å². The van der Waals surface area contributed by atoms with Crippen LogP contribution in [0, 0.1) is 35.4 Å². The summed E-state index contributed by atoms with van der Waals surface area (Å²) in [6.45, 7) is 5.84. The number of pyridine rings is 1. The molecule has 1 aliphatic heterocycles. The Hall–Kier alpha value is -4.27. The first kappa shape index (κ1) is 33.2. The lowest BCUT2D eigenvalue weighted by Gasteiger charge is -2.34. The normalized spacial score (nSPS) is 25.8. The molecular formula is C28H32F4N4O7. The standard InChI is InChI=1S/C28H32F4N4O7/c1-5-11(2)22-27(41)33-13(4)20(35-25(39)14-8-6-7-9-17(14)37)26(40)34-16(21(38)12(3)28(42)43-22)10-15-18(29)19(30)24(32)36-23(15)31/h6-9,11-13,16,20-22,37-38H,5,10H2,1-4H3,(H,33,41)(H,34,40)(H,35,39)/t11?,12-,13-,16+,20+,21+,22?/m1/s1. The lowest BCUT2D eigenvalue weighted by atomic mass is 9.91. The first-order chi connectivity index (χ1) is 20.2. The van der Waals surface area contributed by atoms with Crippen molar-refractivity contribution < 1.29 is 51.7 Å². The van der Waals surface area contributed by atoms with Crippen LogP contribution < -0.4 is 16.0 Å². The van der Waals surface area contributed by atoms with E-state index in [4.69, 9.17) is 4.74 Å². The largest absolute Gasteiger partial charge is 0.507 e. The highest BCUT2D eigenvalue weighted by atomic mass is 19.2. The number of rotatable bonds is 6. The lowest BCUT2D eigenvalue weighted by molar-refractivity contribution is -0.167. The van der Waals surface area contributed by atoms with Crippen LogP contribution in [-0.2, 0) is 25.5 Å². The van der Waals surface area contributed by atoms with E-state index in [2.05, 4.69) is 20.9 Å². The Balaban J connectivity index is 2.08. The van der Waals surface area contributed by atoms with E-state index < -0.39 is 107 Å². The van der Waals surface area contributed by atoms with Crippen LogP contribution in [0.25, 0.3) is 0 Å². The average molecular weight is 613 g/mol. The summed E-state index contributed by atoms with van der Waals surface area (Å²) in [6, 6.07) is 0.770. The van der Waals surface area contributed by atoms with Crippen molar-refractivity contribution in [3.63, 3.8) is 0 Å². The van der Waals surface area contributed by atoms with Crippen molar-refractivity contribution in [2.24, 2.45) is 11.8 Å². The molecule has 7 atom stereocenters. The molecule has 2 unspecified atom stereocenters. The van der Waals surface area contributed by atoms with E-state index in [1.54, 1.807) is 13.8 Å². The zero-order valence-corrected chi connectivity index (χ0v) is 23.7. The Morgan fingerprint density at radius 2 is 1.70 bits per heavy atom. The minimum Gasteiger partial charge on any atom is -0.507 e. The minimum absolute atomic E-state index is 0.228. The second-order valence-corrected chi connectivity index (χ2v) is 10.4. The summed E-state index contributed by atoms with van der Waals surface area (Å²) in [5, 5.41) is 28.4. The predicted molar refractivity (Wildman–Crippen MR) is 141 cm³/mol. The number of benzene rings is 1. The van der Waals surface area contributed by atoms with Crippen LogP contribution in [0.15, 0.2) is 24.3 Å². The third-order valence-corrected chi connectivity index (χ3v) is 7.38. The number of phenolic OH excluding ortho intramolecular Hbond substituents is 1. The topological polar surface area (TPSA) is 167 Å². The lowest BCUT2D eigenvalue weighted by Crippen LogP contribution is -2.62. The maximum Gasteiger partial charge on any atom is 0.312 e. The fourth-order valence-electron chi connectivity index (χ4n) is 4.49. The van der Waals surface area contributed by atoms with Crippen molar-refractivity contribution in [2.45, 2.75) is 70.9 Å². The molecule has 0 radical (unpaired) electrons. The summed E-state index contributed by atoms with van der Waals surface area (Å²) in [5.74, 6) is -14.3. The summed E-state index contributed by atoms with van der Waals surface area (Å²) in [6.07, 6.45) is -3.99. The number of nitrogens with zero attached hydrogens (tertiary/aromatic N) is 1. The van der Waals surface area contributed by atoms with Crippen LogP contribution in [0.3, 0.4) is 0 Å². The van der Waals surface area contributed by atoms with Gasteiger partial charge in [0.15, 0.2) is 11.9 Å². The molecule has 1 aromatic heterocycles. The van der Waals surface area contributed by atoms with Gasteiger partial charge in [-0.3, -0.25) is 19.2 Å². The fourth-order valence-corrected chi connectivity index (χ4v) is 4.49. The molecule has 11 nitrogen and oxygen atoms in total. The number of aromatic hydroxyl groups is 1. The van der Waals surface area contributed by atoms with Gasteiger partial charge in [-0.1, -0.05) is 26.0 Å². The summed E-state index contributed by atoms with van der Waals surface area (Å²) in [7, 11) is 0. The number of phenols is 1. The molecule has 234 valence electrons. The number of amides is 3. The first-order valence-electron chi connectivity index (χ1n) is 13.4. The molecule has 1 aromatic carbocycles. The Kier molecular flexibility index (Phi) is 10.7. The number of para-hydroxylation sites is 1. The number of carbonyl (C=O) groups is 4. The molecule has 3 amide bonds. The van der Waals surface area contributed by atoms with Crippen LogP contribution in [0.4, 0.5) is 17.6 Å². The molecule has 2 heterocycles. The molecule has 3 rings (SSSR count). The molecule has 0 saturated carbocycles. The number of halogens is 4. The van der Waals surface area contributed by atoms with Crippen LogP contribution in [0.2, 0.25) is 0 Å². The van der Waals surface area contributed by atoms with Crippen molar-refractivity contribution in [3.8, 4) is 5.75 Å². The molecule has 2 aromatic rings. The van der Waals surface area contributed by atoms with E-state index in [9.17, 15) is 47.0 Å². The van der Waals surface area contributed by atoms with Crippen LogP contribution in [0.5, 0.6) is 5.75 Å². The van der Waals surface area contributed by atoms with Gasteiger partial charge in [0, 0.05) is 17.9 Å². The van der Waals surface area contributed by atoms with E-state index in [-0.39, 0.29) is 5.56 Å². The second-order valence-electron chi connectivity index (χ2n) is 10.4. The van der Waals surface area contributed by atoms with Crippen LogP contribution in [-0.4, -0.2) is 69.2 Å². The number of carbonyl (C=O) groups excluding carboxylic acids is 4. The van der Waals surface area contributed by atoms with Gasteiger partial charge in [-0.2, -0.15) is 18.2 Å². The third kappa shape index (κ3) is 7.39. The monoisotopic (exact) mass is 612 g/mol. The van der Waals surface area contributed by atoms with Gasteiger partial charge in [0.25, 0.3) is 17.8 Å². The molecule has 0 aliphatic carbocycles. The van der Waals surface area contributed by atoms with E-state index >= 15 is 0 Å². The van der Waals surface area contributed by atoms with Gasteiger partial charge < -0.3 is 30.9 Å². The Labute approximate surface area is 244 Å². The third-order valence-electron chi connectivity index (χ3n) is 7.38. The van der Waals surface area contributed by atoms with E-state index in [1.807, 2.05) is 0 Å². The van der Waals surface area contributed by atoms with E-state index in [1.165, 1.54) is 38.1 Å². The molecule has 1 fully saturated rings. The molecule has 1 aliphatic rings. The smallest absolute Gasteiger partial charge is 0.312 e. The summed E-state index contributed by atoms with van der Waals surface area (Å²) < 4.78 is 61.9. The maximum absolute atomic E-state index is 14.6. The van der Waals surface area contributed by atoms with Gasteiger partial charge in [-0.15, -0.1) is 0 Å². The fraction of sp³-hybridized carbons (Fsp3) is 0.464. The zero-order chi connectivity index (χ0) is 32.2. The molecule has 15 heteroatoms. The number of ether oxygens (including phenoxy) is 1. The van der Waals surface area contributed by atoms with Crippen LogP contribution in [0.1, 0.15) is 50.0 Å². The number of aromatic nitrogens is 1. The van der Waals surface area contributed by atoms with Gasteiger partial charge in [-0.25, -0.2) is 4.39 Å². The Morgan fingerprint density at radius 1 is 1.05 bits per heavy atom. The van der Waals surface area contributed by atoms with Crippen molar-refractivity contribution >= 4 is 23.7 Å². The predicted octanol–water partition coefficient (Wildman–Crippen LogP) is 1.64. The summed E-state index contributed by atoms with van der Waals surface area (Å²) >= 11 is 0. The SMILES string of the molecule is CCC(C)C1OC(=O)[C@H](C)[C@H](O)[C@H](Cc2c(F)nc(F)c(F)c2F)NC(=O)[C@@H](NC(=O)c2ccccc2O)[C@@H](C)NC1=O. The number of aliphatic hydroxyl groups excluding tert-OH is 1.